The van der Waals surface area contributed by atoms with Crippen LogP contribution in [0.4, 0.5) is 0 Å². The summed E-state index contributed by atoms with van der Waals surface area (Å²) in [5.74, 6) is 0.318. The molecule has 2 aliphatic carbocycles. The summed E-state index contributed by atoms with van der Waals surface area (Å²) in [4.78, 5) is 0. The molecule has 0 bridgehead atoms. The molecule has 16 heavy (non-hydrogen) atoms. The second-order valence-corrected chi connectivity index (χ2v) is 8.43. The molecule has 3 unspecified atom stereocenters. The fourth-order valence-electron chi connectivity index (χ4n) is 4.17. The van der Waals surface area contributed by atoms with Gasteiger partial charge in [0.1, 0.15) is 4.71 Å². The first kappa shape index (κ1) is 11.1. The van der Waals surface area contributed by atoms with Crippen molar-refractivity contribution >= 4 is 21.4 Å². The zero-order valence-corrected chi connectivity index (χ0v) is 10.9. The van der Waals surface area contributed by atoms with E-state index in [0.717, 1.165) is 38.5 Å². The Morgan fingerprint density at radius 3 is 2.56 bits per heavy atom. The molecular weight excluding hydrogens is 244 g/mol. The monoisotopic (exact) mass is 260 g/mol. The Labute approximate surface area is 102 Å². The summed E-state index contributed by atoms with van der Waals surface area (Å²) in [7, 11) is -3.08. The maximum absolute atomic E-state index is 12.1. The van der Waals surface area contributed by atoms with Crippen LogP contribution in [0.1, 0.15) is 38.5 Å². The minimum atomic E-state index is -3.08. The van der Waals surface area contributed by atoms with Crippen LogP contribution in [0.25, 0.3) is 0 Å². The number of allylic oxidation sites excluding steroid dienone is 2. The minimum absolute atomic E-state index is 0.0365. The summed E-state index contributed by atoms with van der Waals surface area (Å²) in [6, 6.07) is 0. The van der Waals surface area contributed by atoms with Gasteiger partial charge in [-0.1, -0.05) is 25.0 Å². The highest BCUT2D eigenvalue weighted by atomic mass is 35.5. The summed E-state index contributed by atoms with van der Waals surface area (Å²) >= 11 is 6.31. The van der Waals surface area contributed by atoms with Gasteiger partial charge in [0.05, 0.1) is 5.75 Å². The van der Waals surface area contributed by atoms with Crippen LogP contribution in [0.5, 0.6) is 0 Å². The molecule has 2 nitrogen and oxygen atoms in total. The Morgan fingerprint density at radius 1 is 1.12 bits per heavy atom. The summed E-state index contributed by atoms with van der Waals surface area (Å²) in [5, 5.41) is 0. The lowest BCUT2D eigenvalue weighted by Gasteiger charge is -2.51. The van der Waals surface area contributed by atoms with Gasteiger partial charge in [-0.05, 0) is 31.1 Å². The van der Waals surface area contributed by atoms with Crippen molar-refractivity contribution in [3.8, 4) is 0 Å². The van der Waals surface area contributed by atoms with Crippen LogP contribution in [0, 0.1) is 10.8 Å². The number of hydrogen-bond acceptors (Lipinski definition) is 2. The molecule has 1 heterocycles. The van der Waals surface area contributed by atoms with Crippen molar-refractivity contribution in [2.45, 2.75) is 43.2 Å². The maximum atomic E-state index is 12.1. The van der Waals surface area contributed by atoms with E-state index in [9.17, 15) is 8.42 Å². The lowest BCUT2D eigenvalue weighted by atomic mass is 9.53. The fourth-order valence-corrected chi connectivity index (χ4v) is 7.40. The first-order valence-electron chi connectivity index (χ1n) is 6.03. The molecule has 0 aromatic heterocycles. The lowest BCUT2D eigenvalue weighted by molar-refractivity contribution is 0.0265. The topological polar surface area (TPSA) is 34.1 Å². The average Bonchev–Trinajstić information content (AvgIpc) is 2.45. The van der Waals surface area contributed by atoms with E-state index in [2.05, 4.69) is 12.2 Å². The Kier molecular flexibility index (Phi) is 2.26. The van der Waals surface area contributed by atoms with Gasteiger partial charge in [-0.2, -0.15) is 0 Å². The standard InChI is InChI=1S/C12H17ClO2S/c13-10-12-7-3-1-5-11(12,6-2-4-8-12)9-16(10,14)15/h1,3,10H,2,4-9H2. The van der Waals surface area contributed by atoms with E-state index < -0.39 is 14.5 Å². The van der Waals surface area contributed by atoms with Gasteiger partial charge >= 0.3 is 0 Å². The summed E-state index contributed by atoms with van der Waals surface area (Å²) in [6.07, 6.45) is 10.4. The third kappa shape index (κ3) is 1.16. The molecule has 0 spiro atoms. The van der Waals surface area contributed by atoms with Crippen molar-refractivity contribution in [3.05, 3.63) is 12.2 Å². The van der Waals surface area contributed by atoms with Gasteiger partial charge in [0.2, 0.25) is 0 Å². The molecule has 3 rings (SSSR count). The van der Waals surface area contributed by atoms with Crippen LogP contribution < -0.4 is 0 Å². The average molecular weight is 261 g/mol. The molecule has 1 aliphatic heterocycles. The van der Waals surface area contributed by atoms with Gasteiger partial charge in [0.15, 0.2) is 9.84 Å². The number of hydrogen-bond donors (Lipinski definition) is 0. The van der Waals surface area contributed by atoms with Crippen molar-refractivity contribution in [2.75, 3.05) is 5.75 Å². The Balaban J connectivity index is 2.17. The van der Waals surface area contributed by atoms with Gasteiger partial charge in [0.25, 0.3) is 0 Å². The van der Waals surface area contributed by atoms with Crippen LogP contribution in [-0.4, -0.2) is 18.9 Å². The third-order valence-electron chi connectivity index (χ3n) is 4.97. The zero-order valence-electron chi connectivity index (χ0n) is 9.28. The number of alkyl halides is 1. The highest BCUT2D eigenvalue weighted by Crippen LogP contribution is 2.66. The molecule has 3 aliphatic rings. The zero-order chi connectivity index (χ0) is 11.4. The normalized spacial score (nSPS) is 49.7. The van der Waals surface area contributed by atoms with E-state index in [0.29, 0.717) is 5.75 Å². The van der Waals surface area contributed by atoms with Gasteiger partial charge in [-0.3, -0.25) is 0 Å². The Morgan fingerprint density at radius 2 is 1.81 bits per heavy atom. The van der Waals surface area contributed by atoms with Crippen LogP contribution in [-0.2, 0) is 9.84 Å². The molecule has 1 saturated carbocycles. The molecule has 3 atom stereocenters. The number of halogens is 1. The Hall–Kier alpha value is -0.0200. The highest BCUT2D eigenvalue weighted by Gasteiger charge is 2.66. The molecule has 0 radical (unpaired) electrons. The summed E-state index contributed by atoms with van der Waals surface area (Å²) in [6.45, 7) is 0. The van der Waals surface area contributed by atoms with Gasteiger partial charge in [0, 0.05) is 5.41 Å². The van der Waals surface area contributed by atoms with Crippen LogP contribution in [0.3, 0.4) is 0 Å². The number of sulfone groups is 1. The second kappa shape index (κ2) is 3.26. The number of rotatable bonds is 0. The van der Waals surface area contributed by atoms with Crippen molar-refractivity contribution in [1.29, 1.82) is 0 Å². The molecule has 2 fully saturated rings. The molecule has 0 aromatic rings. The Bertz CT molecular complexity index is 442. The van der Waals surface area contributed by atoms with Crippen molar-refractivity contribution in [3.63, 3.8) is 0 Å². The largest absolute Gasteiger partial charge is 0.227 e. The second-order valence-electron chi connectivity index (χ2n) is 5.65. The SMILES string of the molecule is O=S1(=O)CC23CC=CCC2(CCCC3)C1Cl. The fraction of sp³-hybridized carbons (Fsp3) is 0.833. The first-order chi connectivity index (χ1) is 7.53. The van der Waals surface area contributed by atoms with E-state index in [-0.39, 0.29) is 10.8 Å². The maximum Gasteiger partial charge on any atom is 0.168 e. The van der Waals surface area contributed by atoms with E-state index in [1.165, 1.54) is 0 Å². The smallest absolute Gasteiger partial charge is 0.168 e. The van der Waals surface area contributed by atoms with Gasteiger partial charge < -0.3 is 0 Å². The molecule has 0 aromatic carbocycles. The highest BCUT2D eigenvalue weighted by molar-refractivity contribution is 7.93. The minimum Gasteiger partial charge on any atom is -0.227 e. The lowest BCUT2D eigenvalue weighted by Crippen LogP contribution is -2.46. The molecule has 0 N–H and O–H groups in total. The van der Waals surface area contributed by atoms with Gasteiger partial charge in [-0.25, -0.2) is 8.42 Å². The molecule has 90 valence electrons. The van der Waals surface area contributed by atoms with Crippen LogP contribution in [0.2, 0.25) is 0 Å². The van der Waals surface area contributed by atoms with Crippen LogP contribution >= 0.6 is 11.6 Å². The van der Waals surface area contributed by atoms with E-state index >= 15 is 0 Å². The molecule has 4 heteroatoms. The van der Waals surface area contributed by atoms with Crippen molar-refractivity contribution < 1.29 is 8.42 Å². The van der Waals surface area contributed by atoms with E-state index in [4.69, 9.17) is 11.6 Å². The van der Waals surface area contributed by atoms with E-state index in [1.54, 1.807) is 0 Å². The first-order valence-corrected chi connectivity index (χ1v) is 8.18. The predicted octanol–water partition coefficient (Wildman–Crippen LogP) is 2.88. The third-order valence-corrected chi connectivity index (χ3v) is 8.24. The van der Waals surface area contributed by atoms with Gasteiger partial charge in [-0.15, -0.1) is 11.6 Å². The molecular formula is C12H17ClO2S. The van der Waals surface area contributed by atoms with Crippen molar-refractivity contribution in [1.82, 2.24) is 0 Å². The quantitative estimate of drug-likeness (QED) is 0.496. The summed E-state index contributed by atoms with van der Waals surface area (Å²) in [5.41, 5.74) is -0.189. The predicted molar refractivity (Wildman–Crippen MR) is 65.1 cm³/mol. The molecule has 1 saturated heterocycles. The van der Waals surface area contributed by atoms with Crippen LogP contribution in [0.15, 0.2) is 12.2 Å². The van der Waals surface area contributed by atoms with Crippen molar-refractivity contribution in [2.24, 2.45) is 10.8 Å². The molecule has 0 amide bonds. The van der Waals surface area contributed by atoms with E-state index in [1.807, 2.05) is 0 Å². The summed E-state index contributed by atoms with van der Waals surface area (Å²) < 4.78 is 23.6.